The number of rotatable bonds is 4. The van der Waals surface area contributed by atoms with E-state index in [0.717, 1.165) is 12.2 Å². The number of carbonyl (C=O) groups excluding carboxylic acids is 2. The highest BCUT2D eigenvalue weighted by atomic mass is 32.2. The summed E-state index contributed by atoms with van der Waals surface area (Å²) in [5, 5.41) is 0. The summed E-state index contributed by atoms with van der Waals surface area (Å²) in [6, 6.07) is 0. The van der Waals surface area contributed by atoms with Gasteiger partial charge in [0.15, 0.2) is 0 Å². The van der Waals surface area contributed by atoms with E-state index < -0.39 is 21.9 Å². The summed E-state index contributed by atoms with van der Waals surface area (Å²) in [5.74, 6) is -1.10. The minimum atomic E-state index is -3.72. The van der Waals surface area contributed by atoms with Crippen LogP contribution < -0.4 is 11.5 Å². The Morgan fingerprint density at radius 1 is 1.17 bits per heavy atom. The van der Waals surface area contributed by atoms with Gasteiger partial charge in [-0.3, -0.25) is 14.1 Å². The van der Waals surface area contributed by atoms with Gasteiger partial charge in [-0.2, -0.15) is 8.42 Å². The zero-order valence-electron chi connectivity index (χ0n) is 10.5. The van der Waals surface area contributed by atoms with Gasteiger partial charge in [-0.1, -0.05) is 27.0 Å². The standard InChI is InChI=1S/C4H10O3S.2C3H5NO/c1-4(2)3-8(5,6)7;2*1-2-3(4)5/h4H,3H2,1-2H3,(H,5,6,7);2*2H,1H2,(H2,4,5). The summed E-state index contributed by atoms with van der Waals surface area (Å²) in [7, 11) is -3.72. The van der Waals surface area contributed by atoms with E-state index in [9.17, 15) is 18.0 Å². The lowest BCUT2D eigenvalue weighted by atomic mass is 10.3. The van der Waals surface area contributed by atoms with Gasteiger partial charge in [0, 0.05) is 0 Å². The molecule has 7 nitrogen and oxygen atoms in total. The number of primary amides is 2. The first-order valence-corrected chi connectivity index (χ1v) is 6.36. The summed E-state index contributed by atoms with van der Waals surface area (Å²) in [6.45, 7) is 9.63. The van der Waals surface area contributed by atoms with Crippen molar-refractivity contribution in [2.24, 2.45) is 17.4 Å². The second-order valence-electron chi connectivity index (χ2n) is 3.36. The van der Waals surface area contributed by atoms with Crippen molar-refractivity contribution in [3.63, 3.8) is 0 Å². The van der Waals surface area contributed by atoms with Crippen molar-refractivity contribution in [2.75, 3.05) is 5.75 Å². The van der Waals surface area contributed by atoms with Gasteiger partial charge < -0.3 is 11.5 Å². The van der Waals surface area contributed by atoms with Crippen LogP contribution in [0.2, 0.25) is 0 Å². The molecule has 0 spiro atoms. The highest BCUT2D eigenvalue weighted by Gasteiger charge is 2.06. The van der Waals surface area contributed by atoms with E-state index in [1.165, 1.54) is 0 Å². The molecule has 0 saturated heterocycles. The van der Waals surface area contributed by atoms with Crippen LogP contribution in [-0.4, -0.2) is 30.5 Å². The molecule has 0 unspecified atom stereocenters. The average molecular weight is 280 g/mol. The van der Waals surface area contributed by atoms with Gasteiger partial charge in [-0.15, -0.1) is 0 Å². The van der Waals surface area contributed by atoms with Crippen LogP contribution in [0.5, 0.6) is 0 Å². The molecule has 0 aromatic rings. The van der Waals surface area contributed by atoms with Crippen LogP contribution in [0.15, 0.2) is 25.3 Å². The molecule has 5 N–H and O–H groups in total. The molecular formula is C10H20N2O5S. The van der Waals surface area contributed by atoms with Crippen molar-refractivity contribution in [2.45, 2.75) is 13.8 Å². The third-order valence-corrected chi connectivity index (χ3v) is 2.03. The molecule has 0 bridgehead atoms. The van der Waals surface area contributed by atoms with E-state index >= 15 is 0 Å². The third kappa shape index (κ3) is 47.4. The summed E-state index contributed by atoms with van der Waals surface area (Å²) in [4.78, 5) is 18.9. The van der Waals surface area contributed by atoms with Gasteiger partial charge in [-0.25, -0.2) is 0 Å². The first kappa shape index (κ1) is 21.6. The highest BCUT2D eigenvalue weighted by Crippen LogP contribution is 1.95. The molecule has 0 radical (unpaired) electrons. The lowest BCUT2D eigenvalue weighted by Gasteiger charge is -1.97. The van der Waals surface area contributed by atoms with Crippen molar-refractivity contribution in [3.05, 3.63) is 25.3 Å². The Labute approximate surface area is 107 Å². The van der Waals surface area contributed by atoms with Gasteiger partial charge in [-0.05, 0) is 18.1 Å². The van der Waals surface area contributed by atoms with Crippen molar-refractivity contribution in [3.8, 4) is 0 Å². The molecular weight excluding hydrogens is 260 g/mol. The smallest absolute Gasteiger partial charge is 0.265 e. The Morgan fingerprint density at radius 3 is 1.39 bits per heavy atom. The molecule has 18 heavy (non-hydrogen) atoms. The minimum absolute atomic E-state index is 0.00463. The van der Waals surface area contributed by atoms with Crippen LogP contribution in [-0.2, 0) is 19.7 Å². The normalized spacial score (nSPS) is 9.11. The lowest BCUT2D eigenvalue weighted by Crippen LogP contribution is -2.09. The molecule has 0 rings (SSSR count). The Hall–Kier alpha value is -1.67. The summed E-state index contributed by atoms with van der Waals surface area (Å²) >= 11 is 0. The zero-order chi connectivity index (χ0) is 15.4. The van der Waals surface area contributed by atoms with Crippen molar-refractivity contribution in [1.82, 2.24) is 0 Å². The Kier molecular flexibility index (Phi) is 14.2. The Balaban J connectivity index is -0.000000197. The fourth-order valence-corrected chi connectivity index (χ4v) is 1.26. The second-order valence-corrected chi connectivity index (χ2v) is 4.85. The average Bonchev–Trinajstić information content (AvgIpc) is 2.15. The largest absolute Gasteiger partial charge is 0.366 e. The van der Waals surface area contributed by atoms with Gasteiger partial charge in [0.2, 0.25) is 11.8 Å². The molecule has 0 atom stereocenters. The van der Waals surface area contributed by atoms with Crippen molar-refractivity contribution in [1.29, 1.82) is 0 Å². The van der Waals surface area contributed by atoms with Crippen LogP contribution in [0.1, 0.15) is 13.8 Å². The molecule has 2 amide bonds. The predicted molar refractivity (Wildman–Crippen MR) is 70.0 cm³/mol. The topological polar surface area (TPSA) is 141 Å². The fraction of sp³-hybridized carbons (Fsp3) is 0.400. The molecule has 0 saturated carbocycles. The highest BCUT2D eigenvalue weighted by molar-refractivity contribution is 7.85. The van der Waals surface area contributed by atoms with Gasteiger partial charge in [0.25, 0.3) is 10.1 Å². The van der Waals surface area contributed by atoms with Gasteiger partial charge >= 0.3 is 0 Å². The summed E-state index contributed by atoms with van der Waals surface area (Å²) in [5.41, 5.74) is 9.07. The van der Waals surface area contributed by atoms with E-state index in [1.807, 2.05) is 0 Å². The predicted octanol–water partition coefficient (Wildman–Crippen LogP) is -0.154. The SMILES string of the molecule is C=CC(N)=O.C=CC(N)=O.CC(C)CS(=O)(=O)O. The fourth-order valence-electron chi connectivity index (χ4n) is 0.421. The minimum Gasteiger partial charge on any atom is -0.366 e. The molecule has 0 aromatic carbocycles. The number of amides is 2. The molecule has 0 heterocycles. The molecule has 0 fully saturated rings. The van der Waals surface area contributed by atoms with Crippen molar-refractivity contribution >= 4 is 21.9 Å². The van der Waals surface area contributed by atoms with Crippen LogP contribution >= 0.6 is 0 Å². The Morgan fingerprint density at radius 2 is 1.39 bits per heavy atom. The van der Waals surface area contributed by atoms with Crippen LogP contribution in [0.4, 0.5) is 0 Å². The molecule has 0 aliphatic heterocycles. The number of hydrogen-bond donors (Lipinski definition) is 3. The van der Waals surface area contributed by atoms with E-state index in [0.29, 0.717) is 0 Å². The lowest BCUT2D eigenvalue weighted by molar-refractivity contribution is -0.114. The van der Waals surface area contributed by atoms with Gasteiger partial charge in [0.05, 0.1) is 5.75 Å². The first-order valence-electron chi connectivity index (χ1n) is 4.75. The second kappa shape index (κ2) is 11.8. The monoisotopic (exact) mass is 280 g/mol. The Bertz CT molecular complexity index is 356. The van der Waals surface area contributed by atoms with E-state index in [-0.39, 0.29) is 11.7 Å². The molecule has 106 valence electrons. The van der Waals surface area contributed by atoms with E-state index in [2.05, 4.69) is 24.6 Å². The summed E-state index contributed by atoms with van der Waals surface area (Å²) in [6.07, 6.45) is 2.11. The maximum Gasteiger partial charge on any atom is 0.265 e. The van der Waals surface area contributed by atoms with Crippen LogP contribution in [0.25, 0.3) is 0 Å². The number of hydrogen-bond acceptors (Lipinski definition) is 4. The quantitative estimate of drug-likeness (QED) is 0.485. The van der Waals surface area contributed by atoms with Gasteiger partial charge in [0.1, 0.15) is 0 Å². The number of carbonyl (C=O) groups is 2. The third-order valence-electron chi connectivity index (χ3n) is 0.946. The number of nitrogens with two attached hydrogens (primary N) is 2. The molecule has 0 aliphatic carbocycles. The molecule has 8 heteroatoms. The molecule has 0 aromatic heterocycles. The van der Waals surface area contributed by atoms with E-state index in [1.54, 1.807) is 13.8 Å². The zero-order valence-corrected chi connectivity index (χ0v) is 11.3. The van der Waals surface area contributed by atoms with E-state index in [4.69, 9.17) is 4.55 Å². The maximum absolute atomic E-state index is 10.00. The maximum atomic E-state index is 10.00. The van der Waals surface area contributed by atoms with Crippen LogP contribution in [0.3, 0.4) is 0 Å². The summed E-state index contributed by atoms with van der Waals surface area (Å²) < 4.78 is 28.2. The molecule has 0 aliphatic rings. The van der Waals surface area contributed by atoms with Crippen LogP contribution in [0, 0.1) is 5.92 Å². The first-order chi connectivity index (χ1) is 7.96. The van der Waals surface area contributed by atoms with Crippen molar-refractivity contribution < 1.29 is 22.6 Å².